The molecule has 4 rings (SSSR count). The van der Waals surface area contributed by atoms with Gasteiger partial charge in [0.15, 0.2) is 0 Å². The number of benzene rings is 2. The highest BCUT2D eigenvalue weighted by Gasteiger charge is 2.20. The number of rotatable bonds is 2. The van der Waals surface area contributed by atoms with Gasteiger partial charge in [0.1, 0.15) is 12.2 Å². The Balaban J connectivity index is 1.73. The summed E-state index contributed by atoms with van der Waals surface area (Å²) in [6, 6.07) is 19.6. The zero-order valence-electron chi connectivity index (χ0n) is 17.4. The summed E-state index contributed by atoms with van der Waals surface area (Å²) in [5, 5.41) is 8.88. The number of hydrogen-bond donors (Lipinski definition) is 1. The second-order valence-electron chi connectivity index (χ2n) is 6.97. The zero-order chi connectivity index (χ0) is 21.5. The molecule has 0 aliphatic carbocycles. The summed E-state index contributed by atoms with van der Waals surface area (Å²) in [6.07, 6.45) is 5.24. The number of nitrogens with one attached hydrogen (secondary N) is 1. The van der Waals surface area contributed by atoms with Crippen molar-refractivity contribution in [1.29, 1.82) is 5.41 Å². The van der Waals surface area contributed by atoms with Crippen LogP contribution >= 0.6 is 0 Å². The molecule has 0 atom stereocenters. The van der Waals surface area contributed by atoms with Gasteiger partial charge in [0.05, 0.1) is 13.2 Å². The van der Waals surface area contributed by atoms with Crippen molar-refractivity contribution >= 4 is 29.1 Å². The first kappa shape index (κ1) is 20.5. The molecule has 0 bridgehead atoms. The van der Waals surface area contributed by atoms with E-state index in [1.807, 2.05) is 88.2 Å². The lowest BCUT2D eigenvalue weighted by Gasteiger charge is -2.29. The fourth-order valence-electron chi connectivity index (χ4n) is 3.28. The Kier molecular flexibility index (Phi) is 6.49. The van der Waals surface area contributed by atoms with Crippen LogP contribution in [0.1, 0.15) is 6.92 Å². The summed E-state index contributed by atoms with van der Waals surface area (Å²) in [6.45, 7) is 4.45. The van der Waals surface area contributed by atoms with Crippen LogP contribution in [0.4, 0.5) is 11.4 Å². The van der Waals surface area contributed by atoms with Crippen LogP contribution in [0, 0.1) is 5.41 Å². The van der Waals surface area contributed by atoms with Gasteiger partial charge >= 0.3 is 0 Å². The molecule has 0 amide bonds. The highest BCUT2D eigenvalue weighted by Crippen LogP contribution is 2.25. The van der Waals surface area contributed by atoms with Crippen molar-refractivity contribution in [2.24, 2.45) is 9.98 Å². The minimum absolute atomic E-state index is 0.0843. The number of nitrogens with zero attached hydrogens (tertiary/aromatic N) is 6. The number of hydrogen-bond acceptors (Lipinski definition) is 3. The van der Waals surface area contributed by atoms with Crippen molar-refractivity contribution in [2.45, 2.75) is 6.92 Å². The fourth-order valence-corrected chi connectivity index (χ4v) is 3.28. The van der Waals surface area contributed by atoms with E-state index in [1.165, 1.54) is 0 Å². The van der Waals surface area contributed by atoms with Crippen LogP contribution < -0.4 is 4.90 Å². The maximum absolute atomic E-state index is 8.88. The Morgan fingerprint density at radius 2 is 1.58 bits per heavy atom. The Bertz CT molecular complexity index is 1000. The van der Waals surface area contributed by atoms with Crippen molar-refractivity contribution < 1.29 is 4.74 Å². The van der Waals surface area contributed by atoms with E-state index >= 15 is 0 Å². The third-order valence-corrected chi connectivity index (χ3v) is 4.88. The quantitative estimate of drug-likeness (QED) is 0.512. The van der Waals surface area contributed by atoms with Gasteiger partial charge in [-0.3, -0.25) is 14.9 Å². The predicted octanol–water partition coefficient (Wildman–Crippen LogP) is 3.61. The number of para-hydroxylation sites is 2. The number of aromatic nitrogens is 2. The molecular formula is C23H25N7O. The van der Waals surface area contributed by atoms with E-state index in [0.29, 0.717) is 32.3 Å². The molecule has 1 fully saturated rings. The van der Waals surface area contributed by atoms with Gasteiger partial charge in [-0.05, 0) is 31.2 Å². The lowest BCUT2D eigenvalue weighted by molar-refractivity contribution is 0.0676. The highest BCUT2D eigenvalue weighted by molar-refractivity contribution is 6.08. The molecule has 8 heteroatoms. The molecule has 0 saturated carbocycles. The Labute approximate surface area is 181 Å². The molecular weight excluding hydrogens is 390 g/mol. The number of aliphatic imine (C=N–C) groups is 2. The van der Waals surface area contributed by atoms with Crippen molar-refractivity contribution in [1.82, 2.24) is 14.5 Å². The van der Waals surface area contributed by atoms with Crippen LogP contribution in [0.3, 0.4) is 0 Å². The molecule has 0 radical (unpaired) electrons. The average molecular weight is 416 g/mol. The van der Waals surface area contributed by atoms with Gasteiger partial charge in [0.2, 0.25) is 11.9 Å². The molecule has 1 saturated heterocycles. The lowest BCUT2D eigenvalue weighted by Crippen LogP contribution is -2.41. The van der Waals surface area contributed by atoms with Gasteiger partial charge in [-0.15, -0.1) is 0 Å². The van der Waals surface area contributed by atoms with E-state index in [4.69, 9.17) is 15.1 Å². The summed E-state index contributed by atoms with van der Waals surface area (Å²) in [5.41, 5.74) is 1.72. The number of ether oxygens (including phenoxy) is 1. The molecule has 158 valence electrons. The first-order valence-electron chi connectivity index (χ1n) is 10.2. The van der Waals surface area contributed by atoms with E-state index in [9.17, 15) is 0 Å². The minimum Gasteiger partial charge on any atom is -0.378 e. The van der Waals surface area contributed by atoms with E-state index in [-0.39, 0.29) is 5.96 Å². The van der Waals surface area contributed by atoms with Gasteiger partial charge in [-0.25, -0.2) is 4.98 Å². The van der Waals surface area contributed by atoms with Gasteiger partial charge in [0.25, 0.3) is 0 Å². The van der Waals surface area contributed by atoms with Crippen LogP contribution in [0.2, 0.25) is 0 Å². The van der Waals surface area contributed by atoms with E-state index in [2.05, 4.69) is 9.98 Å². The summed E-state index contributed by atoms with van der Waals surface area (Å²) < 4.78 is 7.32. The van der Waals surface area contributed by atoms with Crippen LogP contribution in [0.25, 0.3) is 0 Å². The third kappa shape index (κ3) is 5.04. The molecule has 1 N–H and O–H groups in total. The van der Waals surface area contributed by atoms with E-state index in [1.54, 1.807) is 12.5 Å². The molecule has 1 aliphatic rings. The molecule has 2 aromatic carbocycles. The number of imidazole rings is 1. The van der Waals surface area contributed by atoms with Gasteiger partial charge in [-0.2, -0.15) is 9.98 Å². The number of anilines is 2. The van der Waals surface area contributed by atoms with Crippen molar-refractivity contribution in [2.75, 3.05) is 31.2 Å². The first-order chi connectivity index (χ1) is 15.2. The van der Waals surface area contributed by atoms with Crippen molar-refractivity contribution in [3.63, 3.8) is 0 Å². The molecule has 1 aliphatic heterocycles. The lowest BCUT2D eigenvalue weighted by atomic mass is 10.2. The van der Waals surface area contributed by atoms with Crippen molar-refractivity contribution in [3.8, 4) is 0 Å². The fraction of sp³-hybridized carbons (Fsp3) is 0.217. The first-order valence-corrected chi connectivity index (χ1v) is 10.2. The Morgan fingerprint density at radius 1 is 0.968 bits per heavy atom. The van der Waals surface area contributed by atoms with Crippen LogP contribution in [0.15, 0.2) is 89.4 Å². The molecule has 0 unspecified atom stereocenters. The summed E-state index contributed by atoms with van der Waals surface area (Å²) in [4.78, 5) is 17.4. The maximum atomic E-state index is 8.88. The van der Waals surface area contributed by atoms with Crippen LogP contribution in [0.5, 0.6) is 0 Å². The summed E-state index contributed by atoms with van der Waals surface area (Å²) >= 11 is 0. The topological polar surface area (TPSA) is 82.1 Å². The Hall–Kier alpha value is -3.78. The molecule has 8 nitrogen and oxygen atoms in total. The maximum Gasteiger partial charge on any atom is 0.230 e. The normalized spacial score (nSPS) is 15.1. The summed E-state index contributed by atoms with van der Waals surface area (Å²) in [5.74, 6) is 1.29. The molecule has 31 heavy (non-hydrogen) atoms. The summed E-state index contributed by atoms with van der Waals surface area (Å²) in [7, 11) is 0. The predicted molar refractivity (Wildman–Crippen MR) is 123 cm³/mol. The number of guanidine groups is 2. The molecule has 0 spiro atoms. The molecule has 1 aromatic heterocycles. The smallest absolute Gasteiger partial charge is 0.230 e. The molecule has 3 aromatic rings. The second-order valence-corrected chi connectivity index (χ2v) is 6.97. The van der Waals surface area contributed by atoms with E-state index < -0.39 is 0 Å². The van der Waals surface area contributed by atoms with Gasteiger partial charge in [0, 0.05) is 36.9 Å². The van der Waals surface area contributed by atoms with Gasteiger partial charge in [-0.1, -0.05) is 36.4 Å². The monoisotopic (exact) mass is 415 g/mol. The van der Waals surface area contributed by atoms with E-state index in [0.717, 1.165) is 17.2 Å². The van der Waals surface area contributed by atoms with Crippen LogP contribution in [-0.2, 0) is 4.74 Å². The standard InChI is InChI=1S/C23H25N7O/c1-19(29-13-12-25-18-29)26-23(28-14-16-31-17-15-28)27-22(24)30(20-8-4-2-5-9-20)21-10-6-3-7-11-21/h2-13,18,24H,14-17H2,1H3/b24-22?,26-19+,27-23+. The second kappa shape index (κ2) is 9.82. The van der Waals surface area contributed by atoms with Crippen LogP contribution in [-0.4, -0.2) is 58.5 Å². The highest BCUT2D eigenvalue weighted by atomic mass is 16.5. The molecule has 2 heterocycles. The third-order valence-electron chi connectivity index (χ3n) is 4.88. The number of morpholine rings is 1. The SMILES string of the molecule is C/C(=N\C(=N/C(=N)N(c1ccccc1)c1ccccc1)N1CCOCC1)n1ccnc1. The van der Waals surface area contributed by atoms with Crippen molar-refractivity contribution in [3.05, 3.63) is 79.4 Å². The average Bonchev–Trinajstić information content (AvgIpc) is 3.36. The zero-order valence-corrected chi connectivity index (χ0v) is 17.4. The minimum atomic E-state index is 0.0843. The Morgan fingerprint density at radius 3 is 2.13 bits per heavy atom. The van der Waals surface area contributed by atoms with Gasteiger partial charge < -0.3 is 9.64 Å². The largest absolute Gasteiger partial charge is 0.378 e.